The van der Waals surface area contributed by atoms with Crippen LogP contribution in [0.1, 0.15) is 51.9 Å². The lowest BCUT2D eigenvalue weighted by Gasteiger charge is -2.24. The molecule has 1 aliphatic rings. The largest absolute Gasteiger partial charge is 0.466 e. The van der Waals surface area contributed by atoms with Gasteiger partial charge in [0.25, 0.3) is 0 Å². The Labute approximate surface area is 154 Å². The van der Waals surface area contributed by atoms with Crippen LogP contribution in [0.15, 0.2) is 0 Å². The molecule has 1 fully saturated rings. The fourth-order valence-electron chi connectivity index (χ4n) is 2.38. The molecule has 0 saturated heterocycles. The fourth-order valence-corrected chi connectivity index (χ4v) is 2.96. The maximum absolute atomic E-state index is 11.6. The van der Waals surface area contributed by atoms with Crippen LogP contribution in [0.4, 0.5) is 0 Å². The van der Waals surface area contributed by atoms with Gasteiger partial charge in [-0.05, 0) is 45.0 Å². The number of hydrogen-bond donors (Lipinski definition) is 0. The van der Waals surface area contributed by atoms with Gasteiger partial charge < -0.3 is 9.47 Å². The number of carbonyl (C=O) groups excluding carboxylic acids is 2. The molecule has 0 amide bonds. The van der Waals surface area contributed by atoms with E-state index in [-0.39, 0.29) is 23.8 Å². The molecule has 0 aromatic carbocycles. The first-order valence-corrected chi connectivity index (χ1v) is 12.3. The second-order valence-corrected chi connectivity index (χ2v) is 12.0. The number of carbonyl (C=O) groups is 2. The van der Waals surface area contributed by atoms with Gasteiger partial charge in [0.05, 0.1) is 19.1 Å². The Morgan fingerprint density at radius 3 is 2.48 bits per heavy atom. The van der Waals surface area contributed by atoms with Gasteiger partial charge in [-0.2, -0.15) is 0 Å². The zero-order chi connectivity index (χ0) is 18.7. The lowest BCUT2D eigenvalue weighted by atomic mass is 10.1. The first-order chi connectivity index (χ1) is 11.8. The van der Waals surface area contributed by atoms with Gasteiger partial charge in [-0.3, -0.25) is 9.59 Å². The van der Waals surface area contributed by atoms with E-state index in [0.29, 0.717) is 19.6 Å². The summed E-state index contributed by atoms with van der Waals surface area (Å²) in [5, 5.41) is 0. The third-order valence-corrected chi connectivity index (χ3v) is 5.45. The summed E-state index contributed by atoms with van der Waals surface area (Å²) in [7, 11) is -0.587. The standard InChI is InChI=1S/C20H34O4S/c1-5-23-20(22)18-16-17(18)12-10-8-6-7-9-11-13-19(21)24-14-15-25(2,3)4/h17-18H,5-9,11,13-16H2,1-4H3. The van der Waals surface area contributed by atoms with Crippen molar-refractivity contribution in [3.63, 3.8) is 0 Å². The molecule has 2 unspecified atom stereocenters. The molecule has 0 spiro atoms. The van der Waals surface area contributed by atoms with Crippen LogP contribution in [0.5, 0.6) is 0 Å². The van der Waals surface area contributed by atoms with E-state index < -0.39 is 10.0 Å². The molecular formula is C20H34O4S. The summed E-state index contributed by atoms with van der Waals surface area (Å²) in [6, 6.07) is 0. The van der Waals surface area contributed by atoms with Crippen LogP contribution in [-0.2, 0) is 19.1 Å². The van der Waals surface area contributed by atoms with Gasteiger partial charge >= 0.3 is 11.9 Å². The number of esters is 2. The molecule has 0 N–H and O–H groups in total. The molecule has 1 rings (SSSR count). The highest BCUT2D eigenvalue weighted by molar-refractivity contribution is 8.32. The van der Waals surface area contributed by atoms with Crippen molar-refractivity contribution in [3.8, 4) is 11.8 Å². The maximum atomic E-state index is 11.6. The van der Waals surface area contributed by atoms with Crippen molar-refractivity contribution >= 4 is 22.0 Å². The first kappa shape index (κ1) is 21.9. The van der Waals surface area contributed by atoms with Crippen molar-refractivity contribution in [2.24, 2.45) is 11.8 Å². The van der Waals surface area contributed by atoms with E-state index in [1.54, 1.807) is 0 Å². The third-order valence-electron chi connectivity index (χ3n) is 4.06. The van der Waals surface area contributed by atoms with Crippen molar-refractivity contribution < 1.29 is 19.1 Å². The average Bonchev–Trinajstić information content (AvgIpc) is 3.28. The van der Waals surface area contributed by atoms with Crippen molar-refractivity contribution in [2.45, 2.75) is 51.9 Å². The van der Waals surface area contributed by atoms with E-state index in [1.807, 2.05) is 6.92 Å². The summed E-state index contributed by atoms with van der Waals surface area (Å²) in [6.07, 6.45) is 13.0. The van der Waals surface area contributed by atoms with E-state index in [1.165, 1.54) is 0 Å². The molecule has 0 heterocycles. The highest BCUT2D eigenvalue weighted by atomic mass is 32.3. The lowest BCUT2D eigenvalue weighted by Crippen LogP contribution is -2.11. The van der Waals surface area contributed by atoms with Crippen LogP contribution in [0.25, 0.3) is 0 Å². The fraction of sp³-hybridized carbons (Fsp3) is 0.800. The van der Waals surface area contributed by atoms with Crippen LogP contribution < -0.4 is 0 Å². The summed E-state index contributed by atoms with van der Waals surface area (Å²) in [4.78, 5) is 23.1. The van der Waals surface area contributed by atoms with Crippen molar-refractivity contribution in [1.82, 2.24) is 0 Å². The van der Waals surface area contributed by atoms with Gasteiger partial charge in [-0.1, -0.05) is 18.8 Å². The molecule has 0 aliphatic heterocycles. The smallest absolute Gasteiger partial charge is 0.310 e. The molecule has 2 atom stereocenters. The topological polar surface area (TPSA) is 52.6 Å². The minimum atomic E-state index is -0.587. The van der Waals surface area contributed by atoms with Gasteiger partial charge in [0.15, 0.2) is 0 Å². The van der Waals surface area contributed by atoms with E-state index in [4.69, 9.17) is 9.47 Å². The number of unbranched alkanes of at least 4 members (excludes halogenated alkanes) is 4. The Morgan fingerprint density at radius 2 is 1.80 bits per heavy atom. The summed E-state index contributed by atoms with van der Waals surface area (Å²) < 4.78 is 10.2. The predicted octanol–water partition coefficient (Wildman–Crippen LogP) is 3.77. The number of ether oxygens (including phenoxy) is 2. The molecule has 1 aliphatic carbocycles. The molecule has 25 heavy (non-hydrogen) atoms. The quantitative estimate of drug-likeness (QED) is 0.316. The molecule has 0 aromatic heterocycles. The van der Waals surface area contributed by atoms with Crippen LogP contribution in [-0.4, -0.2) is 49.7 Å². The van der Waals surface area contributed by atoms with Gasteiger partial charge in [-0.15, -0.1) is 5.92 Å². The molecule has 144 valence electrons. The normalized spacial score (nSPS) is 19.5. The highest BCUT2D eigenvalue weighted by Crippen LogP contribution is 2.38. The molecule has 0 bridgehead atoms. The minimum absolute atomic E-state index is 0.0124. The van der Waals surface area contributed by atoms with E-state index in [9.17, 15) is 9.59 Å². The second kappa shape index (κ2) is 11.5. The second-order valence-electron chi connectivity index (χ2n) is 7.45. The van der Waals surface area contributed by atoms with Crippen LogP contribution in [0, 0.1) is 23.7 Å². The Hall–Kier alpha value is -1.15. The van der Waals surface area contributed by atoms with Gasteiger partial charge in [0.2, 0.25) is 0 Å². The molecule has 4 nitrogen and oxygen atoms in total. The van der Waals surface area contributed by atoms with Crippen molar-refractivity contribution in [3.05, 3.63) is 0 Å². The van der Waals surface area contributed by atoms with E-state index >= 15 is 0 Å². The highest BCUT2D eigenvalue weighted by Gasteiger charge is 2.43. The third kappa shape index (κ3) is 11.1. The van der Waals surface area contributed by atoms with E-state index in [2.05, 4.69) is 30.6 Å². The average molecular weight is 371 g/mol. The predicted molar refractivity (Wildman–Crippen MR) is 105 cm³/mol. The van der Waals surface area contributed by atoms with Gasteiger partial charge in [0.1, 0.15) is 0 Å². The zero-order valence-electron chi connectivity index (χ0n) is 16.3. The Bertz CT molecular complexity index is 484. The molecule has 0 radical (unpaired) electrons. The SMILES string of the molecule is CCOC(=O)C1CC1C#CCCCCCCC(=O)OCCS(C)(C)C. The van der Waals surface area contributed by atoms with Crippen molar-refractivity contribution in [2.75, 3.05) is 37.7 Å². The summed E-state index contributed by atoms with van der Waals surface area (Å²) >= 11 is 0. The summed E-state index contributed by atoms with van der Waals surface area (Å²) in [6.45, 7) is 2.83. The van der Waals surface area contributed by atoms with Gasteiger partial charge in [0, 0.05) is 24.5 Å². The molecular weight excluding hydrogens is 336 g/mol. The summed E-state index contributed by atoms with van der Waals surface area (Å²) in [5.41, 5.74) is 0. The van der Waals surface area contributed by atoms with Crippen LogP contribution in [0.2, 0.25) is 0 Å². The van der Waals surface area contributed by atoms with Crippen LogP contribution >= 0.6 is 10.0 Å². The maximum Gasteiger partial charge on any atom is 0.310 e. The van der Waals surface area contributed by atoms with Gasteiger partial charge in [-0.25, -0.2) is 10.0 Å². The number of hydrogen-bond acceptors (Lipinski definition) is 4. The molecule has 1 saturated carbocycles. The molecule has 5 heteroatoms. The first-order valence-electron chi connectivity index (χ1n) is 9.30. The Kier molecular flexibility index (Phi) is 10.0. The monoisotopic (exact) mass is 370 g/mol. The minimum Gasteiger partial charge on any atom is -0.466 e. The Balaban J connectivity index is 1.94. The molecule has 0 aromatic rings. The number of rotatable bonds is 11. The zero-order valence-corrected chi connectivity index (χ0v) is 17.1. The summed E-state index contributed by atoms with van der Waals surface area (Å²) in [5.74, 6) is 7.38. The van der Waals surface area contributed by atoms with E-state index in [0.717, 1.165) is 44.3 Å². The van der Waals surface area contributed by atoms with Crippen LogP contribution in [0.3, 0.4) is 0 Å². The lowest BCUT2D eigenvalue weighted by molar-refractivity contribution is -0.145. The Morgan fingerprint density at radius 1 is 1.08 bits per heavy atom. The van der Waals surface area contributed by atoms with Crippen molar-refractivity contribution in [1.29, 1.82) is 0 Å².